The van der Waals surface area contributed by atoms with Gasteiger partial charge in [0.2, 0.25) is 11.9 Å². The van der Waals surface area contributed by atoms with Crippen molar-refractivity contribution in [3.05, 3.63) is 32.3 Å². The van der Waals surface area contributed by atoms with Gasteiger partial charge in [-0.05, 0) is 0 Å². The maximum absolute atomic E-state index is 11.9. The summed E-state index contributed by atoms with van der Waals surface area (Å²) in [4.78, 5) is 33.7. The molecule has 1 aromatic heterocycles. The van der Waals surface area contributed by atoms with E-state index in [2.05, 4.69) is 15.5 Å². The molecule has 2 aromatic rings. The second-order valence-electron chi connectivity index (χ2n) is 4.19. The summed E-state index contributed by atoms with van der Waals surface area (Å²) in [7, 11) is 0. The molecule has 24 heavy (non-hydrogen) atoms. The van der Waals surface area contributed by atoms with Gasteiger partial charge in [-0.2, -0.15) is 4.68 Å². The van der Waals surface area contributed by atoms with E-state index in [9.17, 15) is 19.7 Å². The molecule has 0 aliphatic heterocycles. The summed E-state index contributed by atoms with van der Waals surface area (Å²) in [6, 6.07) is 1.94. The van der Waals surface area contributed by atoms with Crippen molar-refractivity contribution in [1.29, 1.82) is 0 Å². The lowest BCUT2D eigenvalue weighted by Gasteiger charge is -2.10. The number of nitrogens with one attached hydrogen (secondary N) is 2. The Morgan fingerprint density at radius 3 is 2.08 bits per heavy atom. The molecule has 0 bridgehead atoms. The normalized spacial score (nSPS) is 10.2. The van der Waals surface area contributed by atoms with E-state index in [0.717, 1.165) is 16.8 Å². The first kappa shape index (κ1) is 17.2. The largest absolute Gasteiger partial charge is 0.366 e. The zero-order valence-corrected chi connectivity index (χ0v) is 13.0. The lowest BCUT2D eigenvalue weighted by Crippen LogP contribution is -2.35. The average molecular weight is 375 g/mol. The zero-order valence-electron chi connectivity index (χ0n) is 11.5. The highest BCUT2D eigenvalue weighted by molar-refractivity contribution is 6.46. The number of benzene rings is 1. The summed E-state index contributed by atoms with van der Waals surface area (Å²) in [6.07, 6.45) is 0. The Morgan fingerprint density at radius 1 is 1.12 bits per heavy atom. The monoisotopic (exact) mass is 374 g/mol. The number of hydrogen-bond acceptors (Lipinski definition) is 8. The number of nitrogen functional groups attached to an aromatic ring is 2. The molecule has 0 fully saturated rings. The molecule has 0 radical (unpaired) electrons. The number of non-ortho nitro benzene ring substituents is 1. The van der Waals surface area contributed by atoms with Gasteiger partial charge in [0.15, 0.2) is 0 Å². The fourth-order valence-electron chi connectivity index (χ4n) is 1.53. The molecule has 14 heteroatoms. The van der Waals surface area contributed by atoms with Gasteiger partial charge in [-0.25, -0.2) is 5.43 Å². The Kier molecular flexibility index (Phi) is 4.71. The Morgan fingerprint density at radius 2 is 1.62 bits per heavy atom. The van der Waals surface area contributed by atoms with E-state index in [0.29, 0.717) is 0 Å². The van der Waals surface area contributed by atoms with Gasteiger partial charge in [0.1, 0.15) is 0 Å². The van der Waals surface area contributed by atoms with Crippen LogP contribution in [-0.2, 0) is 9.59 Å². The highest BCUT2D eigenvalue weighted by Crippen LogP contribution is 2.34. The van der Waals surface area contributed by atoms with Gasteiger partial charge in [0, 0.05) is 12.1 Å². The van der Waals surface area contributed by atoms with Crippen molar-refractivity contribution >= 4 is 58.3 Å². The molecule has 0 saturated heterocycles. The van der Waals surface area contributed by atoms with Crippen LogP contribution in [0.4, 0.5) is 23.3 Å². The van der Waals surface area contributed by atoms with Crippen molar-refractivity contribution in [2.75, 3.05) is 22.2 Å². The Labute approximate surface area is 142 Å². The molecule has 0 spiro atoms. The molecule has 0 aliphatic rings. The molecule has 0 unspecified atom stereocenters. The van der Waals surface area contributed by atoms with Crippen LogP contribution in [0.15, 0.2) is 12.1 Å². The standard InChI is InChI=1S/C10H8Cl2N8O4/c11-4-1-3(20(23)24)2-5(12)6(4)15-7(21)8(22)18-19-9(13)16-17-10(19)14/h1-2H,(H2,13,16)(H2,14,17)(H,15,21)(H,18,22). The number of nitro groups is 1. The van der Waals surface area contributed by atoms with Crippen LogP contribution in [0.3, 0.4) is 0 Å². The number of amides is 2. The van der Waals surface area contributed by atoms with Crippen LogP contribution in [-0.4, -0.2) is 31.6 Å². The van der Waals surface area contributed by atoms with Gasteiger partial charge in [-0.1, -0.05) is 23.2 Å². The average Bonchev–Trinajstić information content (AvgIpc) is 2.82. The number of aromatic nitrogens is 3. The minimum atomic E-state index is -1.18. The maximum Gasteiger partial charge on any atom is 0.328 e. The Balaban J connectivity index is 2.18. The highest BCUT2D eigenvalue weighted by atomic mass is 35.5. The van der Waals surface area contributed by atoms with Crippen molar-refractivity contribution in [3.63, 3.8) is 0 Å². The Bertz CT molecular complexity index is 809. The van der Waals surface area contributed by atoms with E-state index in [1.54, 1.807) is 0 Å². The lowest BCUT2D eigenvalue weighted by atomic mass is 10.2. The molecular formula is C10H8Cl2N8O4. The van der Waals surface area contributed by atoms with Crippen molar-refractivity contribution in [1.82, 2.24) is 14.9 Å². The SMILES string of the molecule is Nc1nnc(N)n1NC(=O)C(=O)Nc1c(Cl)cc([N+](=O)[O-])cc1Cl. The van der Waals surface area contributed by atoms with E-state index >= 15 is 0 Å². The smallest absolute Gasteiger partial charge is 0.328 e. The molecule has 6 N–H and O–H groups in total. The van der Waals surface area contributed by atoms with E-state index in [1.165, 1.54) is 0 Å². The molecule has 2 rings (SSSR count). The van der Waals surface area contributed by atoms with Crippen LogP contribution in [0, 0.1) is 10.1 Å². The van der Waals surface area contributed by atoms with Crippen LogP contribution in [0.25, 0.3) is 0 Å². The maximum atomic E-state index is 11.9. The number of hydrogen-bond donors (Lipinski definition) is 4. The number of rotatable bonds is 3. The molecule has 1 aromatic carbocycles. The summed E-state index contributed by atoms with van der Waals surface area (Å²) in [5.41, 5.74) is 12.3. The summed E-state index contributed by atoms with van der Waals surface area (Å²) < 4.78 is 0.779. The summed E-state index contributed by atoms with van der Waals surface area (Å²) in [5, 5.41) is 19.1. The zero-order chi connectivity index (χ0) is 18.0. The third-order valence-corrected chi connectivity index (χ3v) is 3.21. The molecule has 12 nitrogen and oxygen atoms in total. The second-order valence-corrected chi connectivity index (χ2v) is 5.00. The summed E-state index contributed by atoms with van der Waals surface area (Å²) in [6.45, 7) is 0. The van der Waals surface area contributed by atoms with Gasteiger partial charge in [0.05, 0.1) is 20.7 Å². The van der Waals surface area contributed by atoms with Crippen LogP contribution in [0.5, 0.6) is 0 Å². The summed E-state index contributed by atoms with van der Waals surface area (Å²) >= 11 is 11.6. The number of nitrogens with zero attached hydrogens (tertiary/aromatic N) is 4. The Hall–Kier alpha value is -3.12. The minimum Gasteiger partial charge on any atom is -0.366 e. The van der Waals surface area contributed by atoms with E-state index in [-0.39, 0.29) is 33.3 Å². The lowest BCUT2D eigenvalue weighted by molar-refractivity contribution is -0.384. The van der Waals surface area contributed by atoms with Gasteiger partial charge in [0.25, 0.3) is 5.69 Å². The number of halogens is 2. The predicted octanol–water partition coefficient (Wildman–Crippen LogP) is 0.366. The number of carbonyl (C=O) groups excluding carboxylic acids is 2. The molecular weight excluding hydrogens is 367 g/mol. The molecule has 0 saturated carbocycles. The third kappa shape index (κ3) is 3.44. The van der Waals surface area contributed by atoms with Crippen LogP contribution in [0.1, 0.15) is 0 Å². The quantitative estimate of drug-likeness (QED) is 0.337. The fourth-order valence-corrected chi connectivity index (χ4v) is 2.10. The van der Waals surface area contributed by atoms with Crippen molar-refractivity contribution in [2.24, 2.45) is 0 Å². The first-order valence-electron chi connectivity index (χ1n) is 5.93. The minimum absolute atomic E-state index is 0.172. The number of nitro benzene ring substituents is 1. The molecule has 1 heterocycles. The van der Waals surface area contributed by atoms with E-state index in [1.807, 2.05) is 5.43 Å². The number of carbonyl (C=O) groups is 2. The van der Waals surface area contributed by atoms with Crippen LogP contribution >= 0.6 is 23.2 Å². The molecule has 0 aliphatic carbocycles. The van der Waals surface area contributed by atoms with Crippen LogP contribution in [0.2, 0.25) is 10.0 Å². The molecule has 126 valence electrons. The van der Waals surface area contributed by atoms with Crippen molar-refractivity contribution in [3.8, 4) is 0 Å². The number of nitrogens with two attached hydrogens (primary N) is 2. The van der Waals surface area contributed by atoms with Gasteiger partial charge < -0.3 is 16.8 Å². The highest BCUT2D eigenvalue weighted by Gasteiger charge is 2.21. The topological polar surface area (TPSA) is 184 Å². The molecule has 0 atom stereocenters. The van der Waals surface area contributed by atoms with Gasteiger partial charge >= 0.3 is 11.8 Å². The van der Waals surface area contributed by atoms with Crippen molar-refractivity contribution < 1.29 is 14.5 Å². The van der Waals surface area contributed by atoms with E-state index in [4.69, 9.17) is 34.7 Å². The fraction of sp³-hybridized carbons (Fsp3) is 0. The first-order chi connectivity index (χ1) is 11.2. The van der Waals surface area contributed by atoms with Crippen LogP contribution < -0.4 is 22.2 Å². The second kappa shape index (κ2) is 6.55. The van der Waals surface area contributed by atoms with Gasteiger partial charge in [-0.15, -0.1) is 10.2 Å². The summed E-state index contributed by atoms with van der Waals surface area (Å²) in [5.74, 6) is -2.86. The molecule has 2 amide bonds. The first-order valence-corrected chi connectivity index (χ1v) is 6.68. The number of anilines is 3. The predicted molar refractivity (Wildman–Crippen MR) is 85.0 cm³/mol. The third-order valence-electron chi connectivity index (χ3n) is 2.61. The van der Waals surface area contributed by atoms with Gasteiger partial charge in [-0.3, -0.25) is 19.7 Å². The van der Waals surface area contributed by atoms with Crippen molar-refractivity contribution in [2.45, 2.75) is 0 Å². The van der Waals surface area contributed by atoms with E-state index < -0.39 is 16.7 Å².